The van der Waals surface area contributed by atoms with Crippen molar-refractivity contribution < 1.29 is 0 Å². The summed E-state index contributed by atoms with van der Waals surface area (Å²) in [6, 6.07) is 16.3. The van der Waals surface area contributed by atoms with Gasteiger partial charge in [0.2, 0.25) is 0 Å². The standard InChI is InChI=1S/C24H29N5/c1-23(2,3)17-11-7-9-13-19(17)25-15-21-27-22(29-28-21)16-26-20-14-10-8-12-18(20)24(4,5)6/h7-16H,1-6H3,(H,27,28,29). The lowest BCUT2D eigenvalue weighted by Gasteiger charge is -2.20. The van der Waals surface area contributed by atoms with Crippen LogP contribution in [0.1, 0.15) is 64.3 Å². The van der Waals surface area contributed by atoms with Crippen molar-refractivity contribution in [3.8, 4) is 0 Å². The molecule has 0 amide bonds. The molecule has 1 aromatic heterocycles. The van der Waals surface area contributed by atoms with E-state index in [1.54, 1.807) is 12.4 Å². The summed E-state index contributed by atoms with van der Waals surface area (Å²) in [5, 5.41) is 7.14. The van der Waals surface area contributed by atoms with Gasteiger partial charge in [-0.15, -0.1) is 0 Å². The summed E-state index contributed by atoms with van der Waals surface area (Å²) in [6.45, 7) is 13.1. The highest BCUT2D eigenvalue weighted by molar-refractivity contribution is 5.82. The van der Waals surface area contributed by atoms with Crippen LogP contribution in [-0.4, -0.2) is 27.6 Å². The van der Waals surface area contributed by atoms with E-state index in [1.165, 1.54) is 11.1 Å². The smallest absolute Gasteiger partial charge is 0.192 e. The molecule has 1 N–H and O–H groups in total. The van der Waals surface area contributed by atoms with Crippen molar-refractivity contribution in [2.24, 2.45) is 9.98 Å². The van der Waals surface area contributed by atoms with E-state index in [2.05, 4.69) is 78.8 Å². The Morgan fingerprint density at radius 3 is 1.72 bits per heavy atom. The largest absolute Gasteiger partial charge is 0.258 e. The first-order valence-electron chi connectivity index (χ1n) is 9.84. The van der Waals surface area contributed by atoms with Crippen molar-refractivity contribution >= 4 is 23.8 Å². The van der Waals surface area contributed by atoms with Gasteiger partial charge in [0.05, 0.1) is 23.8 Å². The molecular weight excluding hydrogens is 358 g/mol. The second kappa shape index (κ2) is 8.11. The molecule has 5 nitrogen and oxygen atoms in total. The van der Waals surface area contributed by atoms with Gasteiger partial charge in [-0.1, -0.05) is 77.9 Å². The molecular formula is C24H29N5. The Kier molecular flexibility index (Phi) is 5.78. The molecule has 0 saturated carbocycles. The average molecular weight is 388 g/mol. The summed E-state index contributed by atoms with van der Waals surface area (Å²) in [7, 11) is 0. The summed E-state index contributed by atoms with van der Waals surface area (Å²) in [5.74, 6) is 1.12. The topological polar surface area (TPSA) is 66.3 Å². The van der Waals surface area contributed by atoms with Gasteiger partial charge in [-0.3, -0.25) is 15.1 Å². The zero-order valence-electron chi connectivity index (χ0n) is 18.1. The number of aliphatic imine (C=N–C) groups is 2. The van der Waals surface area contributed by atoms with Crippen LogP contribution in [0.5, 0.6) is 0 Å². The van der Waals surface area contributed by atoms with Crippen molar-refractivity contribution in [3.63, 3.8) is 0 Å². The summed E-state index contributed by atoms with van der Waals surface area (Å²) >= 11 is 0. The minimum absolute atomic E-state index is 0.0190. The Hall–Kier alpha value is -3.08. The summed E-state index contributed by atoms with van der Waals surface area (Å²) in [5.41, 5.74) is 4.28. The summed E-state index contributed by atoms with van der Waals surface area (Å²) in [4.78, 5) is 13.7. The second-order valence-electron chi connectivity index (χ2n) is 9.13. The van der Waals surface area contributed by atoms with Crippen LogP contribution >= 0.6 is 0 Å². The molecule has 0 fully saturated rings. The fraction of sp³-hybridized carbons (Fsp3) is 0.333. The van der Waals surface area contributed by atoms with E-state index in [1.807, 2.05) is 36.4 Å². The molecule has 5 heteroatoms. The van der Waals surface area contributed by atoms with Crippen LogP contribution in [0.25, 0.3) is 0 Å². The molecule has 3 rings (SSSR count). The Morgan fingerprint density at radius 2 is 1.21 bits per heavy atom. The first-order valence-corrected chi connectivity index (χ1v) is 9.84. The quantitative estimate of drug-likeness (QED) is 0.566. The molecule has 0 unspecified atom stereocenters. The van der Waals surface area contributed by atoms with E-state index in [-0.39, 0.29) is 10.8 Å². The number of nitrogens with one attached hydrogen (secondary N) is 1. The minimum Gasteiger partial charge on any atom is -0.258 e. The van der Waals surface area contributed by atoms with Gasteiger partial charge in [-0.05, 0) is 34.1 Å². The molecule has 0 bridgehead atoms. The number of aromatic nitrogens is 3. The summed E-state index contributed by atoms with van der Waals surface area (Å²) in [6.07, 6.45) is 3.39. The zero-order valence-corrected chi connectivity index (χ0v) is 18.1. The molecule has 0 spiro atoms. The van der Waals surface area contributed by atoms with E-state index < -0.39 is 0 Å². The predicted octanol–water partition coefficient (Wildman–Crippen LogP) is 5.90. The van der Waals surface area contributed by atoms with Gasteiger partial charge in [0.25, 0.3) is 0 Å². The van der Waals surface area contributed by atoms with Crippen LogP contribution in [0.3, 0.4) is 0 Å². The van der Waals surface area contributed by atoms with Crippen molar-refractivity contribution in [2.45, 2.75) is 52.4 Å². The molecule has 2 aromatic carbocycles. The minimum atomic E-state index is 0.0190. The number of H-pyrrole nitrogens is 1. The van der Waals surface area contributed by atoms with Crippen LogP contribution < -0.4 is 0 Å². The van der Waals surface area contributed by atoms with Gasteiger partial charge in [0.15, 0.2) is 11.6 Å². The predicted molar refractivity (Wildman–Crippen MR) is 121 cm³/mol. The molecule has 150 valence electrons. The Bertz CT molecular complexity index is 948. The highest BCUT2D eigenvalue weighted by Gasteiger charge is 2.17. The Balaban J connectivity index is 1.80. The van der Waals surface area contributed by atoms with Crippen LogP contribution in [0, 0.1) is 0 Å². The lowest BCUT2D eigenvalue weighted by atomic mass is 9.86. The van der Waals surface area contributed by atoms with Crippen LogP contribution in [0.4, 0.5) is 11.4 Å². The van der Waals surface area contributed by atoms with E-state index in [9.17, 15) is 0 Å². The van der Waals surface area contributed by atoms with Crippen molar-refractivity contribution in [2.75, 3.05) is 0 Å². The second-order valence-corrected chi connectivity index (χ2v) is 9.13. The maximum atomic E-state index is 4.62. The van der Waals surface area contributed by atoms with E-state index in [0.717, 1.165) is 11.4 Å². The molecule has 0 atom stereocenters. The molecule has 0 radical (unpaired) electrons. The highest BCUT2D eigenvalue weighted by atomic mass is 15.2. The normalized spacial score (nSPS) is 12.9. The van der Waals surface area contributed by atoms with Crippen molar-refractivity contribution in [1.82, 2.24) is 15.2 Å². The molecule has 0 aliphatic rings. The Labute approximate surface area is 173 Å². The number of aromatic amines is 1. The molecule has 3 aromatic rings. The number of para-hydroxylation sites is 2. The zero-order chi connectivity index (χ0) is 21.1. The number of rotatable bonds is 4. The van der Waals surface area contributed by atoms with E-state index in [0.29, 0.717) is 11.6 Å². The molecule has 29 heavy (non-hydrogen) atoms. The van der Waals surface area contributed by atoms with Crippen molar-refractivity contribution in [3.05, 3.63) is 71.3 Å². The van der Waals surface area contributed by atoms with Crippen LogP contribution in [-0.2, 0) is 10.8 Å². The molecule has 1 heterocycles. The SMILES string of the molecule is CC(C)(C)c1ccccc1N=Cc1n[nH]c(C=Nc2ccccc2C(C)(C)C)n1. The van der Waals surface area contributed by atoms with Crippen LogP contribution in [0.15, 0.2) is 58.5 Å². The van der Waals surface area contributed by atoms with Crippen molar-refractivity contribution in [1.29, 1.82) is 0 Å². The third-order valence-electron chi connectivity index (χ3n) is 4.59. The lowest BCUT2D eigenvalue weighted by Crippen LogP contribution is -2.11. The van der Waals surface area contributed by atoms with Gasteiger partial charge in [-0.2, -0.15) is 5.10 Å². The summed E-state index contributed by atoms with van der Waals surface area (Å²) < 4.78 is 0. The monoisotopic (exact) mass is 387 g/mol. The van der Waals surface area contributed by atoms with Crippen LogP contribution in [0.2, 0.25) is 0 Å². The average Bonchev–Trinajstić information content (AvgIpc) is 3.11. The van der Waals surface area contributed by atoms with Gasteiger partial charge < -0.3 is 0 Å². The highest BCUT2D eigenvalue weighted by Crippen LogP contribution is 2.32. The fourth-order valence-electron chi connectivity index (χ4n) is 3.10. The number of hydrogen-bond acceptors (Lipinski definition) is 4. The van der Waals surface area contributed by atoms with Gasteiger partial charge in [0.1, 0.15) is 0 Å². The van der Waals surface area contributed by atoms with E-state index in [4.69, 9.17) is 0 Å². The number of benzene rings is 2. The lowest BCUT2D eigenvalue weighted by molar-refractivity contribution is 0.591. The third-order valence-corrected chi connectivity index (χ3v) is 4.59. The molecule has 0 saturated heterocycles. The number of nitrogens with zero attached hydrogens (tertiary/aromatic N) is 4. The first kappa shape index (κ1) is 20.6. The fourth-order valence-corrected chi connectivity index (χ4v) is 3.10. The molecule has 0 aliphatic heterocycles. The maximum absolute atomic E-state index is 4.62. The van der Waals surface area contributed by atoms with Gasteiger partial charge in [0, 0.05) is 0 Å². The maximum Gasteiger partial charge on any atom is 0.192 e. The Morgan fingerprint density at radius 1 is 0.724 bits per heavy atom. The van der Waals surface area contributed by atoms with E-state index >= 15 is 0 Å². The third kappa shape index (κ3) is 5.25. The first-order chi connectivity index (χ1) is 13.6. The molecule has 0 aliphatic carbocycles. The van der Waals surface area contributed by atoms with Gasteiger partial charge >= 0.3 is 0 Å². The number of hydrogen-bond donors (Lipinski definition) is 1. The van der Waals surface area contributed by atoms with Gasteiger partial charge in [-0.25, -0.2) is 4.98 Å².